The third-order valence-corrected chi connectivity index (χ3v) is 3.75. The average Bonchev–Trinajstić information content (AvgIpc) is 2.26. The number of nitrogens with one attached hydrogen (secondary N) is 1. The highest BCUT2D eigenvalue weighted by Crippen LogP contribution is 2.32. The number of halogens is 1. The third-order valence-electron chi connectivity index (χ3n) is 3.12. The molecule has 1 saturated heterocycles. The summed E-state index contributed by atoms with van der Waals surface area (Å²) in [4.78, 5) is 12.7. The lowest BCUT2D eigenvalue weighted by Crippen LogP contribution is -2.57. The minimum atomic E-state index is -0.371. The quantitative estimate of drug-likeness (QED) is 0.670. The van der Waals surface area contributed by atoms with Gasteiger partial charge in [-0.2, -0.15) is 0 Å². The van der Waals surface area contributed by atoms with Crippen LogP contribution >= 0.6 is 15.9 Å². The lowest BCUT2D eigenvalue weighted by atomic mass is 10.1. The average molecular weight is 314 g/mol. The van der Waals surface area contributed by atoms with Crippen LogP contribution < -0.4 is 10.2 Å². The summed E-state index contributed by atoms with van der Waals surface area (Å²) in [5.74, 6) is 0. The van der Waals surface area contributed by atoms with Crippen LogP contribution in [-0.4, -0.2) is 30.6 Å². The van der Waals surface area contributed by atoms with Crippen molar-refractivity contribution >= 4 is 27.3 Å². The number of nitro benzene ring substituents is 1. The molecule has 1 fully saturated rings. The van der Waals surface area contributed by atoms with Crippen molar-refractivity contribution in [1.82, 2.24) is 5.32 Å². The molecule has 0 atom stereocenters. The molecule has 6 heteroatoms. The van der Waals surface area contributed by atoms with Crippen LogP contribution in [0.4, 0.5) is 11.4 Å². The Hall–Kier alpha value is -1.14. The van der Waals surface area contributed by atoms with Gasteiger partial charge in [-0.05, 0) is 28.4 Å². The van der Waals surface area contributed by atoms with E-state index in [1.165, 1.54) is 0 Å². The molecule has 18 heavy (non-hydrogen) atoms. The number of benzene rings is 1. The zero-order valence-electron chi connectivity index (χ0n) is 10.2. The molecule has 2 rings (SSSR count). The van der Waals surface area contributed by atoms with E-state index in [9.17, 15) is 10.1 Å². The molecule has 98 valence electrons. The van der Waals surface area contributed by atoms with Gasteiger partial charge in [0.25, 0.3) is 5.69 Å². The maximum absolute atomic E-state index is 10.7. The number of anilines is 1. The van der Waals surface area contributed by atoms with Gasteiger partial charge in [0.15, 0.2) is 0 Å². The van der Waals surface area contributed by atoms with Crippen molar-refractivity contribution < 1.29 is 4.92 Å². The molecule has 1 aliphatic rings. The van der Waals surface area contributed by atoms with Gasteiger partial charge in [0.2, 0.25) is 0 Å². The Morgan fingerprint density at radius 3 is 2.72 bits per heavy atom. The monoisotopic (exact) mass is 313 g/mol. The van der Waals surface area contributed by atoms with Gasteiger partial charge in [0, 0.05) is 36.2 Å². The van der Waals surface area contributed by atoms with Crippen molar-refractivity contribution in [1.29, 1.82) is 0 Å². The minimum Gasteiger partial charge on any atom is -0.365 e. The topological polar surface area (TPSA) is 58.4 Å². The van der Waals surface area contributed by atoms with Crippen LogP contribution in [0, 0.1) is 10.1 Å². The summed E-state index contributed by atoms with van der Waals surface area (Å²) >= 11 is 3.44. The normalized spacial score (nSPS) is 15.2. The first-order valence-corrected chi connectivity index (χ1v) is 6.84. The molecule has 0 bridgehead atoms. The van der Waals surface area contributed by atoms with E-state index in [4.69, 9.17) is 0 Å². The van der Waals surface area contributed by atoms with Gasteiger partial charge in [-0.25, -0.2) is 0 Å². The highest BCUT2D eigenvalue weighted by atomic mass is 79.9. The van der Waals surface area contributed by atoms with Gasteiger partial charge in [0.1, 0.15) is 0 Å². The molecule has 0 amide bonds. The van der Waals surface area contributed by atoms with Crippen LogP contribution in [0.2, 0.25) is 0 Å². The molecule has 0 radical (unpaired) electrons. The van der Waals surface area contributed by atoms with Crippen LogP contribution in [-0.2, 0) is 0 Å². The second-order valence-corrected chi connectivity index (χ2v) is 5.25. The fourth-order valence-electron chi connectivity index (χ4n) is 2.08. The molecule has 1 N–H and O–H groups in total. The van der Waals surface area contributed by atoms with Gasteiger partial charge in [-0.1, -0.05) is 6.92 Å². The molecule has 0 spiro atoms. The van der Waals surface area contributed by atoms with E-state index in [0.29, 0.717) is 6.04 Å². The first-order chi connectivity index (χ1) is 8.63. The lowest BCUT2D eigenvalue weighted by molar-refractivity contribution is -0.384. The SMILES string of the molecule is CCCN(c1ccc([N+](=O)[O-])cc1Br)C1CNC1. The molecule has 0 saturated carbocycles. The summed E-state index contributed by atoms with van der Waals surface area (Å²) in [6, 6.07) is 5.46. The van der Waals surface area contributed by atoms with Crippen molar-refractivity contribution in [2.45, 2.75) is 19.4 Å². The molecular weight excluding hydrogens is 298 g/mol. The number of nitro groups is 1. The molecule has 0 unspecified atom stereocenters. The highest BCUT2D eigenvalue weighted by molar-refractivity contribution is 9.10. The van der Waals surface area contributed by atoms with Gasteiger partial charge in [-0.15, -0.1) is 0 Å². The molecule has 5 nitrogen and oxygen atoms in total. The largest absolute Gasteiger partial charge is 0.365 e. The molecular formula is C12H16BrN3O2. The molecule has 1 aromatic rings. The Balaban J connectivity index is 2.26. The summed E-state index contributed by atoms with van der Waals surface area (Å²) in [5.41, 5.74) is 1.16. The first-order valence-electron chi connectivity index (χ1n) is 6.04. The van der Waals surface area contributed by atoms with E-state index in [1.807, 2.05) is 6.07 Å². The first kappa shape index (κ1) is 13.3. The number of nitrogens with zero attached hydrogens (tertiary/aromatic N) is 2. The van der Waals surface area contributed by atoms with E-state index in [-0.39, 0.29) is 10.6 Å². The Morgan fingerprint density at radius 2 is 2.28 bits per heavy atom. The van der Waals surface area contributed by atoms with Crippen molar-refractivity contribution in [3.8, 4) is 0 Å². The van der Waals surface area contributed by atoms with Crippen molar-refractivity contribution in [2.75, 3.05) is 24.5 Å². The fourth-order valence-corrected chi connectivity index (χ4v) is 2.67. The zero-order valence-corrected chi connectivity index (χ0v) is 11.8. The summed E-state index contributed by atoms with van der Waals surface area (Å²) in [7, 11) is 0. The maximum atomic E-state index is 10.7. The van der Waals surface area contributed by atoms with Gasteiger partial charge >= 0.3 is 0 Å². The maximum Gasteiger partial charge on any atom is 0.270 e. The van der Waals surface area contributed by atoms with E-state index in [2.05, 4.69) is 33.1 Å². The van der Waals surface area contributed by atoms with Gasteiger partial charge < -0.3 is 10.2 Å². The minimum absolute atomic E-state index is 0.119. The summed E-state index contributed by atoms with van der Waals surface area (Å²) in [6.07, 6.45) is 1.06. The summed E-state index contributed by atoms with van der Waals surface area (Å²) in [5, 5.41) is 14.0. The molecule has 1 aliphatic heterocycles. The molecule has 1 aromatic carbocycles. The van der Waals surface area contributed by atoms with Crippen molar-refractivity contribution in [3.63, 3.8) is 0 Å². The summed E-state index contributed by atoms with van der Waals surface area (Å²) < 4.78 is 0.789. The fraction of sp³-hybridized carbons (Fsp3) is 0.500. The molecule has 1 heterocycles. The highest BCUT2D eigenvalue weighted by Gasteiger charge is 2.26. The molecule has 0 aliphatic carbocycles. The standard InChI is InChI=1S/C12H16BrN3O2/c1-2-5-15(10-7-14-8-10)12-4-3-9(16(17)18)6-11(12)13/h3-4,6,10,14H,2,5,7-8H2,1H3. The predicted octanol–water partition coefficient (Wildman–Crippen LogP) is 2.55. The Labute approximate surface area is 114 Å². The van der Waals surface area contributed by atoms with Crippen molar-refractivity contribution in [3.05, 3.63) is 32.8 Å². The zero-order chi connectivity index (χ0) is 13.1. The van der Waals surface area contributed by atoms with Crippen LogP contribution in [0.3, 0.4) is 0 Å². The van der Waals surface area contributed by atoms with Crippen LogP contribution in [0.15, 0.2) is 22.7 Å². The second kappa shape index (κ2) is 5.67. The number of hydrogen-bond acceptors (Lipinski definition) is 4. The van der Waals surface area contributed by atoms with Crippen molar-refractivity contribution in [2.24, 2.45) is 0 Å². The third kappa shape index (κ3) is 2.64. The van der Waals surface area contributed by atoms with E-state index >= 15 is 0 Å². The van der Waals surface area contributed by atoms with E-state index in [0.717, 1.165) is 36.2 Å². The number of hydrogen-bond donors (Lipinski definition) is 1. The predicted molar refractivity (Wildman–Crippen MR) is 75.1 cm³/mol. The van der Waals surface area contributed by atoms with Crippen LogP contribution in [0.1, 0.15) is 13.3 Å². The van der Waals surface area contributed by atoms with Crippen LogP contribution in [0.25, 0.3) is 0 Å². The second-order valence-electron chi connectivity index (χ2n) is 4.40. The molecule has 0 aromatic heterocycles. The smallest absolute Gasteiger partial charge is 0.270 e. The summed E-state index contributed by atoms with van der Waals surface area (Å²) in [6.45, 7) is 5.05. The number of non-ortho nitro benzene ring substituents is 1. The van der Waals surface area contributed by atoms with E-state index in [1.54, 1.807) is 12.1 Å². The number of rotatable bonds is 5. The Morgan fingerprint density at radius 1 is 1.56 bits per heavy atom. The Kier molecular flexibility index (Phi) is 4.19. The van der Waals surface area contributed by atoms with Crippen LogP contribution in [0.5, 0.6) is 0 Å². The van der Waals surface area contributed by atoms with Gasteiger partial charge in [0.05, 0.1) is 16.7 Å². The van der Waals surface area contributed by atoms with E-state index < -0.39 is 0 Å². The Bertz CT molecular complexity index is 449. The van der Waals surface area contributed by atoms with Gasteiger partial charge in [-0.3, -0.25) is 10.1 Å². The lowest BCUT2D eigenvalue weighted by Gasteiger charge is -2.40.